The summed E-state index contributed by atoms with van der Waals surface area (Å²) in [7, 11) is 0. The van der Waals surface area contributed by atoms with E-state index in [1.807, 2.05) is 47.4 Å². The van der Waals surface area contributed by atoms with E-state index in [4.69, 9.17) is 0 Å². The molecule has 0 radical (unpaired) electrons. The molecule has 1 aliphatic rings. The first-order valence-electron chi connectivity index (χ1n) is 9.26. The SMILES string of the molecule is O=C(CCN1CCCCCC1=O)N[C@H](c1ccccc1)c1ccncc1. The highest BCUT2D eigenvalue weighted by Gasteiger charge is 2.20. The van der Waals surface area contributed by atoms with Crippen molar-refractivity contribution >= 4 is 11.8 Å². The van der Waals surface area contributed by atoms with Crippen molar-refractivity contribution in [3.05, 3.63) is 66.0 Å². The van der Waals surface area contributed by atoms with Gasteiger partial charge in [0.1, 0.15) is 0 Å². The average molecular weight is 351 g/mol. The Hall–Kier alpha value is -2.69. The minimum Gasteiger partial charge on any atom is -0.345 e. The minimum atomic E-state index is -0.216. The third-order valence-corrected chi connectivity index (χ3v) is 4.76. The molecule has 2 heterocycles. The number of pyridine rings is 1. The second kappa shape index (κ2) is 9.13. The number of carbonyl (C=O) groups excluding carboxylic acids is 2. The molecular formula is C21H25N3O2. The third kappa shape index (κ3) is 4.91. The summed E-state index contributed by atoms with van der Waals surface area (Å²) in [6.07, 6.45) is 7.45. The quantitative estimate of drug-likeness (QED) is 0.870. The fourth-order valence-electron chi connectivity index (χ4n) is 3.31. The lowest BCUT2D eigenvalue weighted by atomic mass is 9.99. The highest BCUT2D eigenvalue weighted by Crippen LogP contribution is 2.21. The van der Waals surface area contributed by atoms with Gasteiger partial charge in [-0.2, -0.15) is 0 Å². The van der Waals surface area contributed by atoms with Gasteiger partial charge in [0.05, 0.1) is 6.04 Å². The number of rotatable bonds is 6. The fourth-order valence-corrected chi connectivity index (χ4v) is 3.31. The van der Waals surface area contributed by atoms with E-state index in [1.165, 1.54) is 0 Å². The van der Waals surface area contributed by atoms with E-state index in [2.05, 4.69) is 10.3 Å². The van der Waals surface area contributed by atoms with Crippen molar-refractivity contribution in [2.75, 3.05) is 13.1 Å². The van der Waals surface area contributed by atoms with Crippen molar-refractivity contribution in [3.63, 3.8) is 0 Å². The van der Waals surface area contributed by atoms with E-state index < -0.39 is 0 Å². The standard InChI is InChI=1S/C21H25N3O2/c25-19(12-16-24-15-6-2-5-9-20(24)26)23-21(17-7-3-1-4-8-17)18-10-13-22-14-11-18/h1,3-4,7-8,10-11,13-14,21H,2,5-6,9,12,15-16H2,(H,23,25)/t21-/m1/s1. The molecule has 1 N–H and O–H groups in total. The van der Waals surface area contributed by atoms with Crippen molar-refractivity contribution in [2.45, 2.75) is 38.1 Å². The van der Waals surface area contributed by atoms with Crippen LogP contribution in [0.15, 0.2) is 54.9 Å². The van der Waals surface area contributed by atoms with E-state index in [0.29, 0.717) is 19.4 Å². The van der Waals surface area contributed by atoms with E-state index in [1.54, 1.807) is 12.4 Å². The zero-order valence-electron chi connectivity index (χ0n) is 14.9. The normalized spacial score (nSPS) is 16.0. The number of amides is 2. The molecule has 3 rings (SSSR count). The number of benzene rings is 1. The summed E-state index contributed by atoms with van der Waals surface area (Å²) in [4.78, 5) is 30.5. The second-order valence-electron chi connectivity index (χ2n) is 6.63. The molecule has 5 nitrogen and oxygen atoms in total. The summed E-state index contributed by atoms with van der Waals surface area (Å²) >= 11 is 0. The summed E-state index contributed by atoms with van der Waals surface area (Å²) in [6.45, 7) is 1.25. The lowest BCUT2D eigenvalue weighted by molar-refractivity contribution is -0.131. The molecule has 1 aromatic carbocycles. The Bertz CT molecular complexity index is 679. The molecule has 1 atom stereocenters. The van der Waals surface area contributed by atoms with Crippen LogP contribution in [0.1, 0.15) is 49.3 Å². The van der Waals surface area contributed by atoms with Gasteiger partial charge in [-0.25, -0.2) is 0 Å². The largest absolute Gasteiger partial charge is 0.345 e. The predicted octanol–water partition coefficient (Wildman–Crippen LogP) is 3.08. The molecule has 2 amide bonds. The Balaban J connectivity index is 1.65. The molecule has 26 heavy (non-hydrogen) atoms. The van der Waals surface area contributed by atoms with Gasteiger partial charge >= 0.3 is 0 Å². The summed E-state index contributed by atoms with van der Waals surface area (Å²) in [5.74, 6) is 0.122. The molecule has 0 unspecified atom stereocenters. The minimum absolute atomic E-state index is 0.0484. The number of nitrogens with zero attached hydrogens (tertiary/aromatic N) is 2. The van der Waals surface area contributed by atoms with E-state index in [-0.39, 0.29) is 17.9 Å². The lowest BCUT2D eigenvalue weighted by Gasteiger charge is -2.22. The van der Waals surface area contributed by atoms with Crippen LogP contribution in [-0.4, -0.2) is 34.8 Å². The molecule has 136 valence electrons. The Labute approximate surface area is 154 Å². The predicted molar refractivity (Wildman–Crippen MR) is 100 cm³/mol. The maximum Gasteiger partial charge on any atom is 0.222 e. The summed E-state index contributed by atoms with van der Waals surface area (Å²) < 4.78 is 0. The maximum atomic E-state index is 12.6. The maximum absolute atomic E-state index is 12.6. The van der Waals surface area contributed by atoms with Crippen molar-refractivity contribution in [3.8, 4) is 0 Å². The van der Waals surface area contributed by atoms with Gasteiger partial charge in [0.2, 0.25) is 11.8 Å². The van der Waals surface area contributed by atoms with Gasteiger partial charge in [-0.15, -0.1) is 0 Å². The molecule has 5 heteroatoms. The van der Waals surface area contributed by atoms with Crippen LogP contribution in [0.25, 0.3) is 0 Å². The summed E-state index contributed by atoms with van der Waals surface area (Å²) in [5.41, 5.74) is 2.02. The molecule has 1 saturated heterocycles. The fraction of sp³-hybridized carbons (Fsp3) is 0.381. The first-order chi connectivity index (χ1) is 12.7. The number of hydrogen-bond donors (Lipinski definition) is 1. The lowest BCUT2D eigenvalue weighted by Crippen LogP contribution is -2.36. The smallest absolute Gasteiger partial charge is 0.222 e. The van der Waals surface area contributed by atoms with Gasteiger partial charge in [-0.05, 0) is 36.1 Å². The molecule has 1 aromatic heterocycles. The molecular weight excluding hydrogens is 326 g/mol. The Kier molecular flexibility index (Phi) is 6.36. The zero-order chi connectivity index (χ0) is 18.2. The van der Waals surface area contributed by atoms with Crippen molar-refractivity contribution in [2.24, 2.45) is 0 Å². The average Bonchev–Trinajstić information content (AvgIpc) is 2.90. The Morgan fingerprint density at radius 2 is 1.77 bits per heavy atom. The highest BCUT2D eigenvalue weighted by molar-refractivity contribution is 5.79. The van der Waals surface area contributed by atoms with E-state index >= 15 is 0 Å². The van der Waals surface area contributed by atoms with Crippen molar-refractivity contribution in [1.82, 2.24) is 15.2 Å². The molecule has 1 fully saturated rings. The van der Waals surface area contributed by atoms with Gasteiger partial charge in [-0.1, -0.05) is 36.8 Å². The van der Waals surface area contributed by atoms with Crippen LogP contribution < -0.4 is 5.32 Å². The van der Waals surface area contributed by atoms with Crippen molar-refractivity contribution < 1.29 is 9.59 Å². The third-order valence-electron chi connectivity index (χ3n) is 4.76. The summed E-state index contributed by atoms with van der Waals surface area (Å²) in [6, 6.07) is 13.5. The second-order valence-corrected chi connectivity index (χ2v) is 6.63. The summed E-state index contributed by atoms with van der Waals surface area (Å²) in [5, 5.41) is 3.11. The molecule has 0 saturated carbocycles. The molecule has 1 aliphatic heterocycles. The number of hydrogen-bond acceptors (Lipinski definition) is 3. The molecule has 0 spiro atoms. The van der Waals surface area contributed by atoms with Crippen LogP contribution in [0.5, 0.6) is 0 Å². The first kappa shape index (κ1) is 18.1. The van der Waals surface area contributed by atoms with Gasteiger partial charge in [0.25, 0.3) is 0 Å². The van der Waals surface area contributed by atoms with Crippen LogP contribution in [0.3, 0.4) is 0 Å². The Morgan fingerprint density at radius 3 is 2.54 bits per heavy atom. The Morgan fingerprint density at radius 1 is 1.04 bits per heavy atom. The van der Waals surface area contributed by atoms with Gasteiger partial charge in [-0.3, -0.25) is 14.6 Å². The van der Waals surface area contributed by atoms with Crippen LogP contribution in [0.4, 0.5) is 0 Å². The monoisotopic (exact) mass is 351 g/mol. The molecule has 0 bridgehead atoms. The zero-order valence-corrected chi connectivity index (χ0v) is 14.9. The number of carbonyl (C=O) groups is 2. The van der Waals surface area contributed by atoms with Crippen LogP contribution in [0.2, 0.25) is 0 Å². The van der Waals surface area contributed by atoms with E-state index in [0.717, 1.165) is 36.9 Å². The highest BCUT2D eigenvalue weighted by atomic mass is 16.2. The van der Waals surface area contributed by atoms with Crippen molar-refractivity contribution in [1.29, 1.82) is 0 Å². The molecule has 2 aromatic rings. The van der Waals surface area contributed by atoms with Gasteiger partial charge in [0.15, 0.2) is 0 Å². The van der Waals surface area contributed by atoms with Gasteiger partial charge in [0, 0.05) is 38.3 Å². The van der Waals surface area contributed by atoms with Gasteiger partial charge < -0.3 is 10.2 Å². The van der Waals surface area contributed by atoms with Crippen LogP contribution in [-0.2, 0) is 9.59 Å². The molecule has 0 aliphatic carbocycles. The number of likely N-dealkylation sites (tertiary alicyclic amines) is 1. The number of aromatic nitrogens is 1. The topological polar surface area (TPSA) is 62.3 Å². The van der Waals surface area contributed by atoms with Crippen LogP contribution in [0, 0.1) is 0 Å². The van der Waals surface area contributed by atoms with Crippen LogP contribution >= 0.6 is 0 Å². The first-order valence-corrected chi connectivity index (χ1v) is 9.26. The number of nitrogens with one attached hydrogen (secondary N) is 1. The van der Waals surface area contributed by atoms with E-state index in [9.17, 15) is 9.59 Å².